The summed E-state index contributed by atoms with van der Waals surface area (Å²) >= 11 is 0. The molecule has 0 bridgehead atoms. The second-order valence-electron chi connectivity index (χ2n) is 5.41. The number of nitrogen functional groups attached to an aromatic ring is 1. The molecule has 0 aliphatic rings. The van der Waals surface area contributed by atoms with Crippen molar-refractivity contribution in [3.05, 3.63) is 66.0 Å². The molecule has 5 nitrogen and oxygen atoms in total. The van der Waals surface area contributed by atoms with Crippen molar-refractivity contribution in [3.63, 3.8) is 0 Å². The van der Waals surface area contributed by atoms with Gasteiger partial charge in [0.05, 0.1) is 5.69 Å². The van der Waals surface area contributed by atoms with E-state index < -0.39 is 11.6 Å². The van der Waals surface area contributed by atoms with E-state index in [-0.39, 0.29) is 17.2 Å². The molecule has 25 heavy (non-hydrogen) atoms. The Labute approximate surface area is 143 Å². The largest absolute Gasteiger partial charge is 0.393 e. The van der Waals surface area contributed by atoms with Crippen LogP contribution in [0.15, 0.2) is 48.8 Å². The molecule has 0 spiro atoms. The summed E-state index contributed by atoms with van der Waals surface area (Å²) in [6, 6.07) is 10.9. The molecule has 0 saturated carbocycles. The van der Waals surface area contributed by atoms with E-state index in [1.54, 1.807) is 0 Å². The highest BCUT2D eigenvalue weighted by Crippen LogP contribution is 2.29. The van der Waals surface area contributed by atoms with Crippen molar-refractivity contribution < 1.29 is 8.78 Å². The third kappa shape index (κ3) is 3.82. The molecule has 4 N–H and O–H groups in total. The molecular weight excluding hydrogens is 324 g/mol. The zero-order valence-corrected chi connectivity index (χ0v) is 13.6. The van der Waals surface area contributed by atoms with E-state index >= 15 is 0 Å². The Morgan fingerprint density at radius 2 is 1.64 bits per heavy atom. The van der Waals surface area contributed by atoms with E-state index in [4.69, 9.17) is 5.73 Å². The average Bonchev–Trinajstić information content (AvgIpc) is 2.62. The Bertz CT molecular complexity index is 881. The Morgan fingerprint density at radius 3 is 2.32 bits per heavy atom. The molecule has 0 radical (unpaired) electrons. The fraction of sp³-hybridized carbons (Fsp3) is 0.111. The molecule has 0 saturated heterocycles. The SMILES string of the molecule is CCc1ccc(Nc2ncnc(Nc3cc(F)ccc3F)c2N)cc1. The number of nitrogens with zero attached hydrogens (tertiary/aromatic N) is 2. The number of hydrogen-bond acceptors (Lipinski definition) is 5. The molecule has 3 rings (SSSR count). The Kier molecular flexibility index (Phi) is 4.74. The second-order valence-corrected chi connectivity index (χ2v) is 5.41. The molecule has 0 aliphatic heterocycles. The fourth-order valence-corrected chi connectivity index (χ4v) is 2.28. The zero-order valence-electron chi connectivity index (χ0n) is 13.6. The first kappa shape index (κ1) is 16.6. The maximum Gasteiger partial charge on any atom is 0.159 e. The predicted molar refractivity (Wildman–Crippen MR) is 95.2 cm³/mol. The number of aromatic nitrogens is 2. The smallest absolute Gasteiger partial charge is 0.159 e. The van der Waals surface area contributed by atoms with E-state index in [1.807, 2.05) is 24.3 Å². The van der Waals surface area contributed by atoms with Gasteiger partial charge >= 0.3 is 0 Å². The highest BCUT2D eigenvalue weighted by atomic mass is 19.1. The van der Waals surface area contributed by atoms with Crippen LogP contribution >= 0.6 is 0 Å². The Hall–Kier alpha value is -3.22. The lowest BCUT2D eigenvalue weighted by atomic mass is 10.1. The van der Waals surface area contributed by atoms with Gasteiger partial charge in [-0.05, 0) is 36.2 Å². The van der Waals surface area contributed by atoms with Gasteiger partial charge in [0.2, 0.25) is 0 Å². The third-order valence-electron chi connectivity index (χ3n) is 3.69. The standard InChI is InChI=1S/C18H17F2N5/c1-2-11-3-6-13(7-4-11)24-17-16(21)18(23-10-22-17)25-15-9-12(19)5-8-14(15)20/h3-10H,2,21H2,1H3,(H2,22,23,24,25). The first-order valence-corrected chi connectivity index (χ1v) is 7.75. The Balaban J connectivity index is 1.85. The lowest BCUT2D eigenvalue weighted by Gasteiger charge is -2.13. The van der Waals surface area contributed by atoms with Gasteiger partial charge in [0, 0.05) is 11.8 Å². The second kappa shape index (κ2) is 7.12. The molecule has 0 unspecified atom stereocenters. The van der Waals surface area contributed by atoms with Gasteiger partial charge in [-0.2, -0.15) is 0 Å². The van der Waals surface area contributed by atoms with Crippen LogP contribution in [0.3, 0.4) is 0 Å². The number of rotatable bonds is 5. The molecule has 1 aromatic heterocycles. The molecule has 0 amide bonds. The van der Waals surface area contributed by atoms with Crippen molar-refractivity contribution in [2.45, 2.75) is 13.3 Å². The van der Waals surface area contributed by atoms with Gasteiger partial charge < -0.3 is 16.4 Å². The topological polar surface area (TPSA) is 75.9 Å². The lowest BCUT2D eigenvalue weighted by Crippen LogP contribution is -2.06. The minimum absolute atomic E-state index is 0.0522. The van der Waals surface area contributed by atoms with Crippen LogP contribution in [0.25, 0.3) is 0 Å². The monoisotopic (exact) mass is 341 g/mol. The van der Waals surface area contributed by atoms with Crippen molar-refractivity contribution in [1.82, 2.24) is 9.97 Å². The number of benzene rings is 2. The minimum Gasteiger partial charge on any atom is -0.393 e. The predicted octanol–water partition coefficient (Wildman–Crippen LogP) is 4.39. The molecule has 1 heterocycles. The van der Waals surface area contributed by atoms with Gasteiger partial charge in [-0.1, -0.05) is 19.1 Å². The minimum atomic E-state index is -0.607. The van der Waals surface area contributed by atoms with Crippen molar-refractivity contribution >= 4 is 28.7 Å². The van der Waals surface area contributed by atoms with Crippen LogP contribution in [0.1, 0.15) is 12.5 Å². The van der Waals surface area contributed by atoms with Crippen molar-refractivity contribution in [1.29, 1.82) is 0 Å². The molecule has 0 atom stereocenters. The fourth-order valence-electron chi connectivity index (χ4n) is 2.28. The van der Waals surface area contributed by atoms with Gasteiger partial charge in [-0.15, -0.1) is 0 Å². The number of nitrogens with two attached hydrogens (primary N) is 1. The quantitative estimate of drug-likeness (QED) is 0.642. The average molecular weight is 341 g/mol. The summed E-state index contributed by atoms with van der Waals surface area (Å²) < 4.78 is 27.1. The summed E-state index contributed by atoms with van der Waals surface area (Å²) in [7, 11) is 0. The maximum atomic E-state index is 13.8. The van der Waals surface area contributed by atoms with Gasteiger partial charge in [-0.3, -0.25) is 0 Å². The van der Waals surface area contributed by atoms with E-state index in [0.717, 1.165) is 30.3 Å². The summed E-state index contributed by atoms with van der Waals surface area (Å²) in [5.74, 6) is -0.610. The van der Waals surface area contributed by atoms with Crippen molar-refractivity contribution in [2.75, 3.05) is 16.4 Å². The molecule has 7 heteroatoms. The van der Waals surface area contributed by atoms with Gasteiger partial charge in [0.15, 0.2) is 11.6 Å². The number of halogens is 2. The highest BCUT2D eigenvalue weighted by molar-refractivity contribution is 5.80. The number of hydrogen-bond donors (Lipinski definition) is 3. The molecule has 2 aromatic carbocycles. The summed E-state index contributed by atoms with van der Waals surface area (Å²) in [6.45, 7) is 2.08. The maximum absolute atomic E-state index is 13.8. The summed E-state index contributed by atoms with van der Waals surface area (Å²) in [5.41, 5.74) is 8.23. The normalized spacial score (nSPS) is 10.5. The van der Waals surface area contributed by atoms with E-state index in [2.05, 4.69) is 27.5 Å². The summed E-state index contributed by atoms with van der Waals surface area (Å²) in [5, 5.41) is 5.79. The Morgan fingerprint density at radius 1 is 0.960 bits per heavy atom. The third-order valence-corrected chi connectivity index (χ3v) is 3.69. The van der Waals surface area contributed by atoms with Crippen LogP contribution in [0.2, 0.25) is 0 Å². The molecule has 128 valence electrons. The van der Waals surface area contributed by atoms with Crippen LogP contribution in [0.4, 0.5) is 37.5 Å². The van der Waals surface area contributed by atoms with Crippen LogP contribution in [-0.2, 0) is 6.42 Å². The summed E-state index contributed by atoms with van der Waals surface area (Å²) in [4.78, 5) is 8.10. The molecule has 3 aromatic rings. The number of anilines is 5. The molecule has 0 fully saturated rings. The molecular formula is C18H17F2N5. The van der Waals surface area contributed by atoms with E-state index in [0.29, 0.717) is 5.82 Å². The van der Waals surface area contributed by atoms with Crippen molar-refractivity contribution in [2.24, 2.45) is 0 Å². The van der Waals surface area contributed by atoms with Crippen LogP contribution in [-0.4, -0.2) is 9.97 Å². The zero-order chi connectivity index (χ0) is 17.8. The van der Waals surface area contributed by atoms with Gasteiger partial charge in [-0.25, -0.2) is 18.7 Å². The summed E-state index contributed by atoms with van der Waals surface area (Å²) in [6.07, 6.45) is 2.24. The first-order chi connectivity index (χ1) is 12.1. The van der Waals surface area contributed by atoms with E-state index in [9.17, 15) is 8.78 Å². The number of aryl methyl sites for hydroxylation is 1. The van der Waals surface area contributed by atoms with E-state index in [1.165, 1.54) is 11.9 Å². The van der Waals surface area contributed by atoms with Crippen LogP contribution in [0.5, 0.6) is 0 Å². The van der Waals surface area contributed by atoms with Crippen molar-refractivity contribution in [3.8, 4) is 0 Å². The first-order valence-electron chi connectivity index (χ1n) is 7.75. The number of nitrogens with one attached hydrogen (secondary N) is 2. The van der Waals surface area contributed by atoms with Gasteiger partial charge in [0.25, 0.3) is 0 Å². The van der Waals surface area contributed by atoms with Gasteiger partial charge in [0.1, 0.15) is 23.6 Å². The lowest BCUT2D eigenvalue weighted by molar-refractivity contribution is 0.603. The van der Waals surface area contributed by atoms with Crippen LogP contribution in [0, 0.1) is 11.6 Å². The van der Waals surface area contributed by atoms with Crippen LogP contribution < -0.4 is 16.4 Å². The molecule has 0 aliphatic carbocycles. The highest BCUT2D eigenvalue weighted by Gasteiger charge is 2.11.